The molecule has 0 saturated carbocycles. The number of nitrogens with zero attached hydrogens (tertiary/aromatic N) is 5. The minimum atomic E-state index is 0.712. The highest BCUT2D eigenvalue weighted by Crippen LogP contribution is 2.34. The van der Waals surface area contributed by atoms with E-state index in [0.717, 1.165) is 38.3 Å². The molecule has 0 bridgehead atoms. The van der Waals surface area contributed by atoms with Crippen molar-refractivity contribution in [2.24, 2.45) is 0 Å². The highest BCUT2D eigenvalue weighted by Gasteiger charge is 2.19. The first-order valence-corrected chi connectivity index (χ1v) is 11.5. The van der Waals surface area contributed by atoms with E-state index in [1.165, 1.54) is 4.70 Å². The minimum absolute atomic E-state index is 0.712. The van der Waals surface area contributed by atoms with Gasteiger partial charge in [-0.05, 0) is 48.9 Å². The maximum Gasteiger partial charge on any atom is 0.196 e. The summed E-state index contributed by atoms with van der Waals surface area (Å²) in [4.78, 5) is 8.86. The molecule has 30 heavy (non-hydrogen) atoms. The first kappa shape index (κ1) is 19.2. The summed E-state index contributed by atoms with van der Waals surface area (Å²) in [7, 11) is 0. The third-order valence-corrected chi connectivity index (χ3v) is 7.28. The molecule has 0 amide bonds. The van der Waals surface area contributed by atoms with Crippen LogP contribution in [0, 0.1) is 6.92 Å². The molecule has 148 valence electrons. The maximum atomic E-state index is 6.42. The number of aromatic nitrogens is 5. The molecule has 0 aliphatic carbocycles. The zero-order valence-electron chi connectivity index (χ0n) is 16.0. The molecule has 2 aromatic carbocycles. The SMILES string of the molecule is Cc1c(Cl)cccc1-n1c(SCc2nc3ccccc3s2)nnc1-c1ccncc1. The molecule has 0 atom stereocenters. The predicted molar refractivity (Wildman–Crippen MR) is 124 cm³/mol. The van der Waals surface area contributed by atoms with Gasteiger partial charge in [-0.25, -0.2) is 4.98 Å². The second kappa shape index (κ2) is 8.18. The Kier molecular flexibility index (Phi) is 5.25. The fourth-order valence-electron chi connectivity index (χ4n) is 3.21. The second-order valence-electron chi connectivity index (χ2n) is 6.63. The van der Waals surface area contributed by atoms with Crippen LogP contribution in [0.2, 0.25) is 5.02 Å². The van der Waals surface area contributed by atoms with Crippen molar-refractivity contribution in [1.29, 1.82) is 0 Å². The van der Waals surface area contributed by atoms with Gasteiger partial charge in [-0.1, -0.05) is 41.6 Å². The molecule has 5 rings (SSSR count). The van der Waals surface area contributed by atoms with Gasteiger partial charge in [-0.3, -0.25) is 9.55 Å². The van der Waals surface area contributed by atoms with E-state index in [0.29, 0.717) is 10.8 Å². The zero-order valence-corrected chi connectivity index (χ0v) is 18.4. The van der Waals surface area contributed by atoms with Crippen molar-refractivity contribution >= 4 is 44.9 Å². The van der Waals surface area contributed by atoms with E-state index in [1.807, 2.05) is 55.5 Å². The molecule has 0 fully saturated rings. The van der Waals surface area contributed by atoms with Gasteiger partial charge in [0.25, 0.3) is 0 Å². The number of fused-ring (bicyclic) bond motifs is 1. The van der Waals surface area contributed by atoms with E-state index in [-0.39, 0.29) is 0 Å². The predicted octanol–water partition coefficient (Wildman–Crippen LogP) is 6.19. The lowest BCUT2D eigenvalue weighted by Crippen LogP contribution is -2.02. The lowest BCUT2D eigenvalue weighted by atomic mass is 10.2. The van der Waals surface area contributed by atoms with Crippen LogP contribution >= 0.6 is 34.7 Å². The molecule has 0 spiro atoms. The first-order chi connectivity index (χ1) is 14.7. The molecule has 5 nitrogen and oxygen atoms in total. The molecule has 0 unspecified atom stereocenters. The average molecular weight is 450 g/mol. The van der Waals surface area contributed by atoms with Gasteiger partial charge in [0.1, 0.15) is 5.01 Å². The number of pyridine rings is 1. The minimum Gasteiger partial charge on any atom is -0.270 e. The Morgan fingerprint density at radius 2 is 1.83 bits per heavy atom. The number of thioether (sulfide) groups is 1. The topological polar surface area (TPSA) is 56.5 Å². The second-order valence-corrected chi connectivity index (χ2v) is 9.09. The third kappa shape index (κ3) is 3.60. The van der Waals surface area contributed by atoms with E-state index in [9.17, 15) is 0 Å². The largest absolute Gasteiger partial charge is 0.270 e. The van der Waals surface area contributed by atoms with Crippen LogP contribution in [0.15, 0.2) is 72.1 Å². The fraction of sp³-hybridized carbons (Fsp3) is 0.0909. The van der Waals surface area contributed by atoms with Crippen molar-refractivity contribution in [1.82, 2.24) is 24.7 Å². The molecule has 0 saturated heterocycles. The van der Waals surface area contributed by atoms with Crippen LogP contribution in [0.4, 0.5) is 0 Å². The summed E-state index contributed by atoms with van der Waals surface area (Å²) in [6.07, 6.45) is 3.51. The van der Waals surface area contributed by atoms with Crippen LogP contribution < -0.4 is 0 Å². The molecule has 0 N–H and O–H groups in total. The van der Waals surface area contributed by atoms with Crippen molar-refractivity contribution in [2.75, 3.05) is 0 Å². The maximum absolute atomic E-state index is 6.42. The van der Waals surface area contributed by atoms with Crippen molar-refractivity contribution in [2.45, 2.75) is 17.8 Å². The third-order valence-electron chi connectivity index (χ3n) is 4.71. The Bertz CT molecular complexity index is 1300. The van der Waals surface area contributed by atoms with Gasteiger partial charge in [0.2, 0.25) is 0 Å². The van der Waals surface area contributed by atoms with E-state index in [1.54, 1.807) is 35.5 Å². The van der Waals surface area contributed by atoms with Crippen LogP contribution in [0.25, 0.3) is 27.3 Å². The summed E-state index contributed by atoms with van der Waals surface area (Å²) >= 11 is 9.75. The van der Waals surface area contributed by atoms with Crippen LogP contribution in [-0.4, -0.2) is 24.7 Å². The molecule has 0 aliphatic heterocycles. The van der Waals surface area contributed by atoms with Crippen molar-refractivity contribution < 1.29 is 0 Å². The average Bonchev–Trinajstić information content (AvgIpc) is 3.38. The summed E-state index contributed by atoms with van der Waals surface area (Å²) in [5, 5.41) is 11.6. The number of para-hydroxylation sites is 1. The van der Waals surface area contributed by atoms with Crippen molar-refractivity contribution in [3.63, 3.8) is 0 Å². The highest BCUT2D eigenvalue weighted by atomic mass is 35.5. The Morgan fingerprint density at radius 1 is 1.00 bits per heavy atom. The van der Waals surface area contributed by atoms with Gasteiger partial charge in [0, 0.05) is 23.0 Å². The van der Waals surface area contributed by atoms with Gasteiger partial charge in [0.05, 0.1) is 21.7 Å². The Hall–Kier alpha value is -2.74. The van der Waals surface area contributed by atoms with Crippen LogP contribution in [-0.2, 0) is 5.75 Å². The number of rotatable bonds is 5. The van der Waals surface area contributed by atoms with Crippen molar-refractivity contribution in [3.05, 3.63) is 82.6 Å². The summed E-state index contributed by atoms with van der Waals surface area (Å²) < 4.78 is 3.26. The Labute approximate surface area is 186 Å². The highest BCUT2D eigenvalue weighted by molar-refractivity contribution is 7.98. The summed E-state index contributed by atoms with van der Waals surface area (Å²) in [5.41, 5.74) is 3.92. The first-order valence-electron chi connectivity index (χ1n) is 9.29. The van der Waals surface area contributed by atoms with Gasteiger partial charge < -0.3 is 0 Å². The number of hydrogen-bond acceptors (Lipinski definition) is 6. The number of benzene rings is 2. The molecule has 8 heteroatoms. The lowest BCUT2D eigenvalue weighted by Gasteiger charge is -2.13. The fourth-order valence-corrected chi connectivity index (χ4v) is 5.29. The lowest BCUT2D eigenvalue weighted by molar-refractivity contribution is 0.880. The quantitative estimate of drug-likeness (QED) is 0.299. The van der Waals surface area contributed by atoms with Gasteiger partial charge in [0.15, 0.2) is 11.0 Å². The number of hydrogen-bond donors (Lipinski definition) is 0. The number of halogens is 1. The molecule has 0 radical (unpaired) electrons. The molecular weight excluding hydrogens is 434 g/mol. The van der Waals surface area contributed by atoms with E-state index >= 15 is 0 Å². The Balaban J connectivity index is 1.56. The van der Waals surface area contributed by atoms with E-state index < -0.39 is 0 Å². The Morgan fingerprint density at radius 3 is 2.67 bits per heavy atom. The molecule has 3 aromatic heterocycles. The molecular formula is C22H16ClN5S2. The molecule has 0 aliphatic rings. The summed E-state index contributed by atoms with van der Waals surface area (Å²) in [6.45, 7) is 2.01. The van der Waals surface area contributed by atoms with Crippen molar-refractivity contribution in [3.8, 4) is 17.1 Å². The standard InChI is InChI=1S/C22H16ClN5S2/c1-14-16(23)5-4-7-18(14)28-21(15-9-11-24-12-10-15)26-27-22(28)29-13-20-25-17-6-2-3-8-19(17)30-20/h2-12H,13H2,1H3. The van der Waals surface area contributed by atoms with E-state index in [4.69, 9.17) is 16.6 Å². The number of thiazole rings is 1. The van der Waals surface area contributed by atoms with Gasteiger partial charge >= 0.3 is 0 Å². The smallest absolute Gasteiger partial charge is 0.196 e. The van der Waals surface area contributed by atoms with Crippen LogP contribution in [0.3, 0.4) is 0 Å². The van der Waals surface area contributed by atoms with Crippen LogP contribution in [0.1, 0.15) is 10.6 Å². The van der Waals surface area contributed by atoms with Crippen LogP contribution in [0.5, 0.6) is 0 Å². The normalized spacial score (nSPS) is 11.3. The molecule has 3 heterocycles. The summed E-state index contributed by atoms with van der Waals surface area (Å²) in [5.74, 6) is 1.47. The van der Waals surface area contributed by atoms with Gasteiger partial charge in [-0.15, -0.1) is 21.5 Å². The zero-order chi connectivity index (χ0) is 20.5. The van der Waals surface area contributed by atoms with Gasteiger partial charge in [-0.2, -0.15) is 0 Å². The molecule has 5 aromatic rings. The monoisotopic (exact) mass is 449 g/mol. The van der Waals surface area contributed by atoms with E-state index in [2.05, 4.69) is 25.8 Å². The summed E-state index contributed by atoms with van der Waals surface area (Å²) in [6, 6.07) is 17.9.